The molecule has 0 spiro atoms. The van der Waals surface area contributed by atoms with Gasteiger partial charge in [-0.25, -0.2) is 13.1 Å². The first-order valence-corrected chi connectivity index (χ1v) is 8.53. The van der Waals surface area contributed by atoms with Gasteiger partial charge in [0, 0.05) is 11.6 Å². The van der Waals surface area contributed by atoms with Crippen LogP contribution in [0.3, 0.4) is 0 Å². The monoisotopic (exact) mass is 307 g/mol. The summed E-state index contributed by atoms with van der Waals surface area (Å²) in [5, 5.41) is 8.63. The molecule has 1 atom stereocenters. The van der Waals surface area contributed by atoms with Crippen LogP contribution in [-0.4, -0.2) is 26.2 Å². The molecular formula is C16H21NO3S. The van der Waals surface area contributed by atoms with Gasteiger partial charge in [-0.15, -0.1) is 0 Å². The predicted octanol–water partition coefficient (Wildman–Crippen LogP) is 1.89. The lowest BCUT2D eigenvalue weighted by atomic mass is 9.92. The summed E-state index contributed by atoms with van der Waals surface area (Å²) >= 11 is 0. The van der Waals surface area contributed by atoms with Crippen molar-refractivity contribution in [1.82, 2.24) is 4.72 Å². The van der Waals surface area contributed by atoms with Gasteiger partial charge in [-0.3, -0.25) is 0 Å². The lowest BCUT2D eigenvalue weighted by Gasteiger charge is -2.18. The van der Waals surface area contributed by atoms with Crippen LogP contribution >= 0.6 is 0 Å². The summed E-state index contributed by atoms with van der Waals surface area (Å²) in [5.74, 6) is 5.27. The molecule has 0 radical (unpaired) electrons. The molecule has 0 bridgehead atoms. The van der Waals surface area contributed by atoms with E-state index in [0.717, 1.165) is 19.3 Å². The van der Waals surface area contributed by atoms with Crippen LogP contribution in [0.25, 0.3) is 0 Å². The molecule has 1 unspecified atom stereocenters. The second-order valence-corrected chi connectivity index (χ2v) is 7.92. The molecular weight excluding hydrogens is 286 g/mol. The third-order valence-electron chi connectivity index (χ3n) is 3.77. The molecule has 1 saturated carbocycles. The topological polar surface area (TPSA) is 66.4 Å². The van der Waals surface area contributed by atoms with Crippen molar-refractivity contribution in [3.05, 3.63) is 29.8 Å². The molecule has 2 N–H and O–H groups in total. The summed E-state index contributed by atoms with van der Waals surface area (Å²) in [6.45, 7) is 4.12. The number of nitrogens with one attached hydrogen (secondary N) is 1. The lowest BCUT2D eigenvalue weighted by Crippen LogP contribution is -2.33. The van der Waals surface area contributed by atoms with E-state index in [1.165, 1.54) is 0 Å². The Bertz CT molecular complexity index is 651. The number of aliphatic hydroxyl groups is 1. The SMILES string of the molecule is CC1(C)CCC(NS(=O)(=O)c2ccc(C#CCO)cc2)C1. The van der Waals surface area contributed by atoms with Gasteiger partial charge in [-0.05, 0) is 48.9 Å². The molecule has 1 aromatic carbocycles. The van der Waals surface area contributed by atoms with Crippen LogP contribution in [0.15, 0.2) is 29.2 Å². The Kier molecular flexibility index (Phi) is 4.72. The molecule has 21 heavy (non-hydrogen) atoms. The van der Waals surface area contributed by atoms with Crippen LogP contribution in [0, 0.1) is 17.3 Å². The molecule has 0 saturated heterocycles. The van der Waals surface area contributed by atoms with Crippen molar-refractivity contribution >= 4 is 10.0 Å². The first-order chi connectivity index (χ1) is 9.82. The predicted molar refractivity (Wildman–Crippen MR) is 82.1 cm³/mol. The number of aliphatic hydroxyl groups excluding tert-OH is 1. The Labute approximate surface area is 126 Å². The maximum atomic E-state index is 12.3. The van der Waals surface area contributed by atoms with Crippen LogP contribution in [0.4, 0.5) is 0 Å². The van der Waals surface area contributed by atoms with Crippen LogP contribution in [0.1, 0.15) is 38.7 Å². The fraction of sp³-hybridized carbons (Fsp3) is 0.500. The third-order valence-corrected chi connectivity index (χ3v) is 5.30. The van der Waals surface area contributed by atoms with E-state index in [9.17, 15) is 8.42 Å². The zero-order valence-corrected chi connectivity index (χ0v) is 13.2. The van der Waals surface area contributed by atoms with Crippen LogP contribution in [0.2, 0.25) is 0 Å². The van der Waals surface area contributed by atoms with Gasteiger partial charge in [0.1, 0.15) is 6.61 Å². The second-order valence-electron chi connectivity index (χ2n) is 6.21. The average Bonchev–Trinajstić information content (AvgIpc) is 2.75. The fourth-order valence-corrected chi connectivity index (χ4v) is 3.95. The molecule has 4 nitrogen and oxygen atoms in total. The first-order valence-electron chi connectivity index (χ1n) is 7.05. The molecule has 2 rings (SSSR count). The molecule has 0 aromatic heterocycles. The summed E-state index contributed by atoms with van der Waals surface area (Å²) in [5.41, 5.74) is 0.890. The minimum atomic E-state index is -3.48. The van der Waals surface area contributed by atoms with E-state index in [0.29, 0.717) is 5.56 Å². The van der Waals surface area contributed by atoms with Gasteiger partial charge in [0.25, 0.3) is 0 Å². The molecule has 1 aliphatic carbocycles. The van der Waals surface area contributed by atoms with Crippen LogP contribution in [0.5, 0.6) is 0 Å². The molecule has 1 aliphatic rings. The quantitative estimate of drug-likeness (QED) is 0.838. The normalized spacial score (nSPS) is 20.8. The number of rotatable bonds is 3. The lowest BCUT2D eigenvalue weighted by molar-refractivity contribution is 0.350. The second kappa shape index (κ2) is 6.18. The van der Waals surface area contributed by atoms with E-state index in [4.69, 9.17) is 5.11 Å². The van der Waals surface area contributed by atoms with E-state index >= 15 is 0 Å². The number of sulfonamides is 1. The maximum absolute atomic E-state index is 12.3. The van der Waals surface area contributed by atoms with E-state index in [2.05, 4.69) is 30.4 Å². The minimum Gasteiger partial charge on any atom is -0.384 e. The highest BCUT2D eigenvalue weighted by molar-refractivity contribution is 7.89. The Morgan fingerprint density at radius 2 is 2.00 bits per heavy atom. The molecule has 0 heterocycles. The van der Waals surface area contributed by atoms with Gasteiger partial charge < -0.3 is 5.11 Å². The average molecular weight is 307 g/mol. The van der Waals surface area contributed by atoms with Crippen LogP contribution < -0.4 is 4.72 Å². The summed E-state index contributed by atoms with van der Waals surface area (Å²) in [6.07, 6.45) is 2.79. The van der Waals surface area contributed by atoms with E-state index in [1.807, 2.05) is 0 Å². The van der Waals surface area contributed by atoms with Gasteiger partial charge in [-0.1, -0.05) is 25.7 Å². The van der Waals surface area contributed by atoms with E-state index in [1.54, 1.807) is 24.3 Å². The fourth-order valence-electron chi connectivity index (χ4n) is 2.68. The van der Waals surface area contributed by atoms with Crippen molar-refractivity contribution in [3.63, 3.8) is 0 Å². The van der Waals surface area contributed by atoms with Gasteiger partial charge >= 0.3 is 0 Å². The van der Waals surface area contributed by atoms with Gasteiger partial charge in [0.05, 0.1) is 4.90 Å². The van der Waals surface area contributed by atoms with Gasteiger partial charge in [0.2, 0.25) is 10.0 Å². The number of benzene rings is 1. The molecule has 5 heteroatoms. The van der Waals surface area contributed by atoms with E-state index in [-0.39, 0.29) is 23.0 Å². The van der Waals surface area contributed by atoms with Gasteiger partial charge in [0.15, 0.2) is 0 Å². The third kappa shape index (κ3) is 4.31. The van der Waals surface area contributed by atoms with Crippen molar-refractivity contribution in [2.45, 2.75) is 44.0 Å². The Morgan fingerprint density at radius 1 is 1.33 bits per heavy atom. The zero-order chi connectivity index (χ0) is 15.5. The van der Waals surface area contributed by atoms with E-state index < -0.39 is 10.0 Å². The molecule has 0 amide bonds. The largest absolute Gasteiger partial charge is 0.384 e. The molecule has 0 aliphatic heterocycles. The van der Waals surface area contributed by atoms with Crippen molar-refractivity contribution in [2.75, 3.05) is 6.61 Å². The maximum Gasteiger partial charge on any atom is 0.240 e. The summed E-state index contributed by atoms with van der Waals surface area (Å²) < 4.78 is 27.5. The highest BCUT2D eigenvalue weighted by atomic mass is 32.2. The molecule has 114 valence electrons. The van der Waals surface area contributed by atoms with Crippen molar-refractivity contribution in [2.24, 2.45) is 5.41 Å². The smallest absolute Gasteiger partial charge is 0.240 e. The Hall–Kier alpha value is -1.35. The highest BCUT2D eigenvalue weighted by Gasteiger charge is 2.33. The molecule has 1 aromatic rings. The van der Waals surface area contributed by atoms with Crippen LogP contribution in [-0.2, 0) is 10.0 Å². The summed E-state index contributed by atoms with van der Waals surface area (Å²) in [7, 11) is -3.48. The summed E-state index contributed by atoms with van der Waals surface area (Å²) in [6, 6.07) is 6.40. The minimum absolute atomic E-state index is 0.0128. The molecule has 1 fully saturated rings. The standard InChI is InChI=1S/C16H21NO3S/c1-16(2)10-9-14(12-16)17-21(19,20)15-7-5-13(6-8-15)4-3-11-18/h5-8,14,17-18H,9-12H2,1-2H3. The first kappa shape index (κ1) is 16.0. The highest BCUT2D eigenvalue weighted by Crippen LogP contribution is 2.37. The summed E-state index contributed by atoms with van der Waals surface area (Å²) in [4.78, 5) is 0.252. The van der Waals surface area contributed by atoms with Gasteiger partial charge in [-0.2, -0.15) is 0 Å². The van der Waals surface area contributed by atoms with Crippen molar-refractivity contribution in [3.8, 4) is 11.8 Å². The van der Waals surface area contributed by atoms with Crippen molar-refractivity contribution < 1.29 is 13.5 Å². The van der Waals surface area contributed by atoms with Crippen molar-refractivity contribution in [1.29, 1.82) is 0 Å². The Balaban J connectivity index is 2.09. The number of hydrogen-bond donors (Lipinski definition) is 2. The Morgan fingerprint density at radius 3 is 2.52 bits per heavy atom. The zero-order valence-electron chi connectivity index (χ0n) is 12.4. The number of hydrogen-bond acceptors (Lipinski definition) is 3.